The molecule has 29 heavy (non-hydrogen) atoms. The first kappa shape index (κ1) is 19.9. The molecule has 2 aliphatic heterocycles. The van der Waals surface area contributed by atoms with Crippen molar-refractivity contribution in [2.45, 2.75) is 44.9 Å². The molecule has 4 nitrogen and oxygen atoms in total. The number of aromatic nitrogens is 1. The number of hydrogen-bond acceptors (Lipinski definition) is 3. The van der Waals surface area contributed by atoms with Crippen molar-refractivity contribution in [2.24, 2.45) is 5.92 Å². The molecule has 0 saturated carbocycles. The van der Waals surface area contributed by atoms with Gasteiger partial charge in [0.1, 0.15) is 11.6 Å². The summed E-state index contributed by atoms with van der Waals surface area (Å²) in [4.78, 5) is 22.0. The highest BCUT2D eigenvalue weighted by molar-refractivity contribution is 5.99. The predicted molar refractivity (Wildman–Crippen MR) is 114 cm³/mol. The van der Waals surface area contributed by atoms with Crippen molar-refractivity contribution in [3.8, 4) is 0 Å². The van der Waals surface area contributed by atoms with Crippen LogP contribution in [0.4, 0.5) is 10.2 Å². The number of carbonyl (C=O) groups is 1. The molecular formula is C24H30FN3O. The Hall–Kier alpha value is -2.43. The number of pyridine rings is 1. The first-order valence-electron chi connectivity index (χ1n) is 10.9. The van der Waals surface area contributed by atoms with Crippen LogP contribution in [-0.4, -0.2) is 42.0 Å². The van der Waals surface area contributed by atoms with Crippen LogP contribution in [0.25, 0.3) is 0 Å². The van der Waals surface area contributed by atoms with E-state index in [1.807, 2.05) is 23.1 Å². The highest BCUT2D eigenvalue weighted by atomic mass is 19.1. The number of rotatable bonds is 5. The van der Waals surface area contributed by atoms with Gasteiger partial charge in [0.2, 0.25) is 0 Å². The molecule has 5 heteroatoms. The third kappa shape index (κ3) is 4.95. The first-order valence-corrected chi connectivity index (χ1v) is 10.9. The number of carbonyl (C=O) groups excluding carboxylic acids is 1. The van der Waals surface area contributed by atoms with Crippen LogP contribution in [-0.2, 0) is 6.42 Å². The maximum atomic E-state index is 13.4. The number of aryl methyl sites for hydroxylation is 1. The SMILES string of the molecule is O=C(c1cccnc1N1CCC[C@@H](CCc2cccc(F)c2)C1)N1CCCCC1. The highest BCUT2D eigenvalue weighted by Gasteiger charge is 2.27. The van der Waals surface area contributed by atoms with Crippen LogP contribution in [0.3, 0.4) is 0 Å². The quantitative estimate of drug-likeness (QED) is 0.737. The molecule has 154 valence electrons. The zero-order valence-electron chi connectivity index (χ0n) is 17.0. The van der Waals surface area contributed by atoms with E-state index in [0.717, 1.165) is 75.2 Å². The van der Waals surface area contributed by atoms with Gasteiger partial charge >= 0.3 is 0 Å². The Morgan fingerprint density at radius 3 is 2.76 bits per heavy atom. The molecule has 0 spiro atoms. The van der Waals surface area contributed by atoms with E-state index in [9.17, 15) is 9.18 Å². The molecule has 1 aromatic heterocycles. The van der Waals surface area contributed by atoms with Gasteiger partial charge in [0.25, 0.3) is 5.91 Å². The van der Waals surface area contributed by atoms with Crippen LogP contribution < -0.4 is 4.90 Å². The lowest BCUT2D eigenvalue weighted by molar-refractivity contribution is 0.0724. The molecule has 2 aliphatic rings. The first-order chi connectivity index (χ1) is 14.2. The molecule has 0 aliphatic carbocycles. The third-order valence-electron chi connectivity index (χ3n) is 6.21. The van der Waals surface area contributed by atoms with Gasteiger partial charge in [-0.1, -0.05) is 12.1 Å². The molecule has 0 unspecified atom stereocenters. The van der Waals surface area contributed by atoms with E-state index in [-0.39, 0.29) is 11.7 Å². The summed E-state index contributed by atoms with van der Waals surface area (Å²) in [5, 5.41) is 0. The fraction of sp³-hybridized carbons (Fsp3) is 0.500. The van der Waals surface area contributed by atoms with E-state index >= 15 is 0 Å². The van der Waals surface area contributed by atoms with Gasteiger partial charge in [0.05, 0.1) is 5.56 Å². The predicted octanol–water partition coefficient (Wildman–Crippen LogP) is 4.70. The second-order valence-electron chi connectivity index (χ2n) is 8.35. The van der Waals surface area contributed by atoms with Crippen LogP contribution >= 0.6 is 0 Å². The number of likely N-dealkylation sites (tertiary alicyclic amines) is 1. The molecule has 2 fully saturated rings. The van der Waals surface area contributed by atoms with Crippen molar-refractivity contribution in [2.75, 3.05) is 31.1 Å². The zero-order valence-corrected chi connectivity index (χ0v) is 17.0. The summed E-state index contributed by atoms with van der Waals surface area (Å²) in [6.07, 6.45) is 9.37. The Balaban J connectivity index is 1.43. The monoisotopic (exact) mass is 395 g/mol. The summed E-state index contributed by atoms with van der Waals surface area (Å²) in [6, 6.07) is 10.7. The lowest BCUT2D eigenvalue weighted by Crippen LogP contribution is -2.40. The molecule has 2 aromatic rings. The van der Waals surface area contributed by atoms with Gasteiger partial charge in [-0.05, 0) is 80.7 Å². The second kappa shape index (κ2) is 9.38. The molecular weight excluding hydrogens is 365 g/mol. The number of benzene rings is 1. The standard InChI is InChI=1S/C24H30FN3O/c25-21-9-4-7-19(17-21)11-12-20-8-6-16-28(18-20)23-22(10-5-13-26-23)24(29)27-14-2-1-3-15-27/h4-5,7,9-10,13,17,20H,1-3,6,8,11-12,14-16,18H2/t20-/m0/s1. The Morgan fingerprint density at radius 2 is 1.93 bits per heavy atom. The summed E-state index contributed by atoms with van der Waals surface area (Å²) in [6.45, 7) is 3.55. The largest absolute Gasteiger partial charge is 0.356 e. The van der Waals surface area contributed by atoms with Gasteiger partial charge in [0, 0.05) is 32.4 Å². The van der Waals surface area contributed by atoms with Crippen LogP contribution in [0.2, 0.25) is 0 Å². The molecule has 1 atom stereocenters. The van der Waals surface area contributed by atoms with Crippen LogP contribution in [0.15, 0.2) is 42.6 Å². The maximum Gasteiger partial charge on any atom is 0.257 e. The minimum absolute atomic E-state index is 0.120. The van der Waals surface area contributed by atoms with Gasteiger partial charge in [-0.2, -0.15) is 0 Å². The molecule has 0 radical (unpaired) electrons. The summed E-state index contributed by atoms with van der Waals surface area (Å²) in [5.41, 5.74) is 1.79. The van der Waals surface area contributed by atoms with Crippen molar-refractivity contribution in [1.82, 2.24) is 9.88 Å². The van der Waals surface area contributed by atoms with E-state index in [0.29, 0.717) is 5.92 Å². The average molecular weight is 396 g/mol. The number of amides is 1. The number of nitrogens with zero attached hydrogens (tertiary/aromatic N) is 3. The summed E-state index contributed by atoms with van der Waals surface area (Å²) in [7, 11) is 0. The van der Waals surface area contributed by atoms with Crippen molar-refractivity contribution >= 4 is 11.7 Å². The molecule has 1 amide bonds. The van der Waals surface area contributed by atoms with Crippen molar-refractivity contribution in [3.05, 3.63) is 59.5 Å². The molecule has 0 bridgehead atoms. The minimum Gasteiger partial charge on any atom is -0.356 e. The highest BCUT2D eigenvalue weighted by Crippen LogP contribution is 2.28. The lowest BCUT2D eigenvalue weighted by atomic mass is 9.91. The van der Waals surface area contributed by atoms with Gasteiger partial charge in [-0.3, -0.25) is 4.79 Å². The Kier molecular flexibility index (Phi) is 6.43. The Morgan fingerprint density at radius 1 is 1.07 bits per heavy atom. The van der Waals surface area contributed by atoms with Crippen LogP contribution in [0, 0.1) is 11.7 Å². The smallest absolute Gasteiger partial charge is 0.257 e. The fourth-order valence-corrected chi connectivity index (χ4v) is 4.64. The number of halogens is 1. The van der Waals surface area contributed by atoms with E-state index in [4.69, 9.17) is 0 Å². The van der Waals surface area contributed by atoms with Crippen LogP contribution in [0.1, 0.15) is 54.4 Å². The molecule has 3 heterocycles. The second-order valence-corrected chi connectivity index (χ2v) is 8.35. The van der Waals surface area contributed by atoms with E-state index in [1.54, 1.807) is 18.3 Å². The van der Waals surface area contributed by atoms with Gasteiger partial charge in [-0.15, -0.1) is 0 Å². The molecule has 0 N–H and O–H groups in total. The summed E-state index contributed by atoms with van der Waals surface area (Å²) < 4.78 is 13.4. The Bertz CT molecular complexity index is 834. The zero-order chi connectivity index (χ0) is 20.1. The van der Waals surface area contributed by atoms with Crippen LogP contribution in [0.5, 0.6) is 0 Å². The van der Waals surface area contributed by atoms with E-state index in [2.05, 4.69) is 9.88 Å². The summed E-state index contributed by atoms with van der Waals surface area (Å²) >= 11 is 0. The third-order valence-corrected chi connectivity index (χ3v) is 6.21. The number of anilines is 1. The maximum absolute atomic E-state index is 13.4. The molecule has 4 rings (SSSR count). The van der Waals surface area contributed by atoms with Gasteiger partial charge in [0.15, 0.2) is 0 Å². The molecule has 2 saturated heterocycles. The van der Waals surface area contributed by atoms with Crippen molar-refractivity contribution in [3.63, 3.8) is 0 Å². The van der Waals surface area contributed by atoms with Gasteiger partial charge in [-0.25, -0.2) is 9.37 Å². The van der Waals surface area contributed by atoms with E-state index < -0.39 is 0 Å². The minimum atomic E-state index is -0.165. The number of hydrogen-bond donors (Lipinski definition) is 0. The van der Waals surface area contributed by atoms with E-state index in [1.165, 1.54) is 18.9 Å². The summed E-state index contributed by atoms with van der Waals surface area (Å²) in [5.74, 6) is 1.32. The fourth-order valence-electron chi connectivity index (χ4n) is 4.64. The average Bonchev–Trinajstić information content (AvgIpc) is 2.78. The number of piperidine rings is 2. The van der Waals surface area contributed by atoms with Crippen molar-refractivity contribution in [1.29, 1.82) is 0 Å². The normalized spacial score (nSPS) is 20.0. The van der Waals surface area contributed by atoms with Gasteiger partial charge < -0.3 is 9.80 Å². The topological polar surface area (TPSA) is 36.4 Å². The molecule has 1 aromatic carbocycles. The Labute approximate surface area is 172 Å². The lowest BCUT2D eigenvalue weighted by Gasteiger charge is -2.35. The van der Waals surface area contributed by atoms with Crippen molar-refractivity contribution < 1.29 is 9.18 Å².